The summed E-state index contributed by atoms with van der Waals surface area (Å²) in [5.74, 6) is 1.41. The van der Waals surface area contributed by atoms with Crippen LogP contribution in [0, 0.1) is 18.8 Å². The first-order valence-corrected chi connectivity index (χ1v) is 5.32. The zero-order valence-corrected chi connectivity index (χ0v) is 9.56. The highest BCUT2D eigenvalue weighted by Crippen LogP contribution is 1.94. The molecule has 0 saturated heterocycles. The van der Waals surface area contributed by atoms with Gasteiger partial charge in [0.05, 0.1) is 6.17 Å². The monoisotopic (exact) mass is 185 g/mol. The molecule has 2 heteroatoms. The minimum absolute atomic E-state index is 0.379. The normalized spacial score (nSPS) is 12.0. The van der Waals surface area contributed by atoms with Crippen LogP contribution in [0.4, 0.5) is 0 Å². The smallest absolute Gasteiger partial charge is 0.0571 e. The molecule has 79 valence electrons. The van der Waals surface area contributed by atoms with Crippen molar-refractivity contribution in [1.82, 2.24) is 10.6 Å². The second-order valence-corrected chi connectivity index (χ2v) is 4.45. The molecule has 0 fully saturated rings. The summed E-state index contributed by atoms with van der Waals surface area (Å²) in [5.41, 5.74) is 0. The molecule has 0 bridgehead atoms. The topological polar surface area (TPSA) is 24.1 Å². The maximum Gasteiger partial charge on any atom is 0.0571 e. The van der Waals surface area contributed by atoms with Gasteiger partial charge in [0.2, 0.25) is 0 Å². The van der Waals surface area contributed by atoms with Crippen molar-refractivity contribution in [1.29, 1.82) is 0 Å². The number of rotatable bonds is 7. The van der Waals surface area contributed by atoms with Crippen molar-refractivity contribution in [2.75, 3.05) is 13.1 Å². The average Bonchev–Trinajstić information content (AvgIpc) is 2.04. The zero-order valence-electron chi connectivity index (χ0n) is 9.56. The van der Waals surface area contributed by atoms with E-state index in [4.69, 9.17) is 0 Å². The Kier molecular flexibility index (Phi) is 7.29. The third kappa shape index (κ3) is 8.26. The van der Waals surface area contributed by atoms with Crippen LogP contribution in [-0.2, 0) is 0 Å². The summed E-state index contributed by atoms with van der Waals surface area (Å²) in [6, 6.07) is 0. The fraction of sp³-hybridized carbons (Fsp3) is 0.909. The predicted molar refractivity (Wildman–Crippen MR) is 59.4 cm³/mol. The lowest BCUT2D eigenvalue weighted by Crippen LogP contribution is -2.44. The summed E-state index contributed by atoms with van der Waals surface area (Å²) in [7, 11) is 0. The summed E-state index contributed by atoms with van der Waals surface area (Å²) in [4.78, 5) is 0. The lowest BCUT2D eigenvalue weighted by Gasteiger charge is -2.21. The number of hydrogen-bond donors (Lipinski definition) is 2. The Morgan fingerprint density at radius 1 is 0.923 bits per heavy atom. The Bertz CT molecular complexity index is 98.7. The van der Waals surface area contributed by atoms with Crippen molar-refractivity contribution in [3.05, 3.63) is 6.92 Å². The second-order valence-electron chi connectivity index (χ2n) is 4.45. The summed E-state index contributed by atoms with van der Waals surface area (Å²) < 4.78 is 0. The van der Waals surface area contributed by atoms with Crippen LogP contribution in [0.3, 0.4) is 0 Å². The summed E-state index contributed by atoms with van der Waals surface area (Å²) in [5, 5.41) is 6.90. The van der Waals surface area contributed by atoms with Crippen LogP contribution in [0.5, 0.6) is 0 Å². The Morgan fingerprint density at radius 3 is 1.54 bits per heavy atom. The van der Waals surface area contributed by atoms with Gasteiger partial charge in [-0.05, 0) is 31.3 Å². The van der Waals surface area contributed by atoms with Gasteiger partial charge in [0, 0.05) is 0 Å². The van der Waals surface area contributed by atoms with Crippen LogP contribution < -0.4 is 10.6 Å². The molecule has 0 atom stereocenters. The predicted octanol–water partition coefficient (Wildman–Crippen LogP) is 2.03. The first-order chi connectivity index (χ1) is 6.06. The highest BCUT2D eigenvalue weighted by Gasteiger charge is 2.05. The quantitative estimate of drug-likeness (QED) is 0.593. The maximum atomic E-state index is 3.92. The van der Waals surface area contributed by atoms with Crippen molar-refractivity contribution < 1.29 is 0 Å². The van der Waals surface area contributed by atoms with E-state index in [1.165, 1.54) is 0 Å². The molecule has 0 unspecified atom stereocenters. The SMILES string of the molecule is [CH2]CC(NCC(C)C)NCC(C)C. The molecular weight excluding hydrogens is 160 g/mol. The van der Waals surface area contributed by atoms with E-state index in [1.54, 1.807) is 0 Å². The van der Waals surface area contributed by atoms with Gasteiger partial charge < -0.3 is 10.6 Å². The van der Waals surface area contributed by atoms with Crippen LogP contribution >= 0.6 is 0 Å². The molecule has 0 aliphatic carbocycles. The molecule has 0 saturated carbocycles. The number of nitrogens with one attached hydrogen (secondary N) is 2. The Labute approximate surface area is 83.5 Å². The highest BCUT2D eigenvalue weighted by molar-refractivity contribution is 4.67. The number of hydrogen-bond acceptors (Lipinski definition) is 2. The van der Waals surface area contributed by atoms with E-state index in [1.807, 2.05) is 0 Å². The molecule has 0 aromatic carbocycles. The summed E-state index contributed by atoms with van der Waals surface area (Å²) in [6.45, 7) is 14.9. The fourth-order valence-corrected chi connectivity index (χ4v) is 1.03. The van der Waals surface area contributed by atoms with Crippen LogP contribution in [0.25, 0.3) is 0 Å². The van der Waals surface area contributed by atoms with Crippen molar-refractivity contribution in [3.63, 3.8) is 0 Å². The van der Waals surface area contributed by atoms with Crippen LogP contribution in [-0.4, -0.2) is 19.3 Å². The Hall–Kier alpha value is -0.0800. The van der Waals surface area contributed by atoms with Gasteiger partial charge in [-0.25, -0.2) is 0 Å². The van der Waals surface area contributed by atoms with Gasteiger partial charge in [0.25, 0.3) is 0 Å². The van der Waals surface area contributed by atoms with E-state index in [0.29, 0.717) is 18.0 Å². The second kappa shape index (κ2) is 7.34. The van der Waals surface area contributed by atoms with Gasteiger partial charge in [-0.2, -0.15) is 0 Å². The van der Waals surface area contributed by atoms with Crippen molar-refractivity contribution in [2.45, 2.75) is 40.3 Å². The van der Waals surface area contributed by atoms with E-state index < -0.39 is 0 Å². The van der Waals surface area contributed by atoms with Gasteiger partial charge in [-0.3, -0.25) is 0 Å². The molecule has 0 aromatic rings. The van der Waals surface area contributed by atoms with Gasteiger partial charge in [0.15, 0.2) is 0 Å². The van der Waals surface area contributed by atoms with Crippen LogP contribution in [0.1, 0.15) is 34.1 Å². The van der Waals surface area contributed by atoms with Gasteiger partial charge in [0.1, 0.15) is 0 Å². The molecular formula is C11H25N2. The van der Waals surface area contributed by atoms with E-state index in [2.05, 4.69) is 45.3 Å². The van der Waals surface area contributed by atoms with E-state index >= 15 is 0 Å². The molecule has 13 heavy (non-hydrogen) atoms. The van der Waals surface area contributed by atoms with Gasteiger partial charge >= 0.3 is 0 Å². The molecule has 2 N–H and O–H groups in total. The van der Waals surface area contributed by atoms with E-state index in [0.717, 1.165) is 19.5 Å². The minimum Gasteiger partial charge on any atom is -0.302 e. The lowest BCUT2D eigenvalue weighted by molar-refractivity contribution is 0.379. The zero-order chi connectivity index (χ0) is 10.3. The van der Waals surface area contributed by atoms with Crippen molar-refractivity contribution >= 4 is 0 Å². The van der Waals surface area contributed by atoms with Gasteiger partial charge in [-0.1, -0.05) is 34.6 Å². The third-order valence-corrected chi connectivity index (χ3v) is 1.83. The summed E-state index contributed by atoms with van der Waals surface area (Å²) >= 11 is 0. The molecule has 0 amide bonds. The molecule has 0 aliphatic rings. The Morgan fingerprint density at radius 2 is 1.31 bits per heavy atom. The average molecular weight is 185 g/mol. The molecule has 1 radical (unpaired) electrons. The van der Waals surface area contributed by atoms with E-state index in [-0.39, 0.29) is 0 Å². The largest absolute Gasteiger partial charge is 0.302 e. The summed E-state index contributed by atoms with van der Waals surface area (Å²) in [6.07, 6.45) is 1.28. The van der Waals surface area contributed by atoms with Crippen molar-refractivity contribution in [2.24, 2.45) is 11.8 Å². The van der Waals surface area contributed by atoms with Crippen LogP contribution in [0.2, 0.25) is 0 Å². The van der Waals surface area contributed by atoms with Crippen molar-refractivity contribution in [3.8, 4) is 0 Å². The Balaban J connectivity index is 3.51. The fourth-order valence-electron chi connectivity index (χ4n) is 1.03. The standard InChI is InChI=1S/C11H25N2/c1-6-11(12-7-9(2)3)13-8-10(4)5/h9-13H,1,6-8H2,2-5H3. The van der Waals surface area contributed by atoms with Gasteiger partial charge in [-0.15, -0.1) is 0 Å². The molecule has 0 rings (SSSR count). The van der Waals surface area contributed by atoms with E-state index in [9.17, 15) is 0 Å². The first kappa shape index (κ1) is 12.9. The lowest BCUT2D eigenvalue weighted by atomic mass is 10.2. The highest BCUT2D eigenvalue weighted by atomic mass is 15.1. The molecule has 0 aromatic heterocycles. The van der Waals surface area contributed by atoms with Crippen LogP contribution in [0.15, 0.2) is 0 Å². The molecule has 0 spiro atoms. The molecule has 2 nitrogen and oxygen atoms in total. The maximum absolute atomic E-state index is 3.92. The minimum atomic E-state index is 0.379. The first-order valence-electron chi connectivity index (χ1n) is 5.32. The molecule has 0 heterocycles. The third-order valence-electron chi connectivity index (χ3n) is 1.83. The molecule has 0 aliphatic heterocycles.